The third-order valence-electron chi connectivity index (χ3n) is 3.37. The number of nitrogens with zero attached hydrogens (tertiary/aromatic N) is 1. The van der Waals surface area contributed by atoms with E-state index in [0.717, 1.165) is 12.6 Å². The molecule has 2 atom stereocenters. The molecule has 0 saturated carbocycles. The normalized spacial score (nSPS) is 37.2. The number of hydrogen-bond donors (Lipinski definition) is 0. The highest BCUT2D eigenvalue weighted by atomic mass is 31.2. The second-order valence-electron chi connectivity index (χ2n) is 4.61. The van der Waals surface area contributed by atoms with Crippen LogP contribution in [0.2, 0.25) is 0 Å². The van der Waals surface area contributed by atoms with Crippen LogP contribution in [0.5, 0.6) is 0 Å². The van der Waals surface area contributed by atoms with Gasteiger partial charge in [0, 0.05) is 18.2 Å². The maximum absolute atomic E-state index is 11.8. The van der Waals surface area contributed by atoms with Gasteiger partial charge >= 0.3 is 0 Å². The monoisotopic (exact) mass is 187 g/mol. The Morgan fingerprint density at radius 3 is 2.75 bits per heavy atom. The van der Waals surface area contributed by atoms with Gasteiger partial charge in [-0.15, -0.1) is 0 Å². The van der Waals surface area contributed by atoms with Crippen molar-refractivity contribution in [2.75, 3.05) is 26.4 Å². The summed E-state index contributed by atoms with van der Waals surface area (Å²) < 4.78 is 11.8. The van der Waals surface area contributed by atoms with Gasteiger partial charge in [0.2, 0.25) is 0 Å². The minimum Gasteiger partial charge on any atom is -0.324 e. The molecule has 70 valence electrons. The van der Waals surface area contributed by atoms with Gasteiger partial charge in [-0.25, -0.2) is 0 Å². The summed E-state index contributed by atoms with van der Waals surface area (Å²) in [5, 5.41) is 0. The fourth-order valence-electron chi connectivity index (χ4n) is 2.51. The Labute approximate surface area is 74.7 Å². The SMILES string of the molecule is CP(C)(=O)C1CC2CCCN2C1. The Balaban J connectivity index is 2.04. The van der Waals surface area contributed by atoms with Crippen LogP contribution in [0.4, 0.5) is 0 Å². The summed E-state index contributed by atoms with van der Waals surface area (Å²) in [6.07, 6.45) is 3.90. The summed E-state index contributed by atoms with van der Waals surface area (Å²) in [4.78, 5) is 2.53. The summed E-state index contributed by atoms with van der Waals surface area (Å²) >= 11 is 0. The minimum absolute atomic E-state index is 0.503. The smallest absolute Gasteiger partial charge is 0.0861 e. The van der Waals surface area contributed by atoms with Crippen molar-refractivity contribution < 1.29 is 4.57 Å². The highest BCUT2D eigenvalue weighted by Gasteiger charge is 2.39. The number of rotatable bonds is 1. The molecule has 12 heavy (non-hydrogen) atoms. The Morgan fingerprint density at radius 1 is 1.42 bits per heavy atom. The zero-order valence-electron chi connectivity index (χ0n) is 7.99. The van der Waals surface area contributed by atoms with Gasteiger partial charge in [0.05, 0.1) is 7.14 Å². The van der Waals surface area contributed by atoms with Gasteiger partial charge in [0.1, 0.15) is 0 Å². The Morgan fingerprint density at radius 2 is 2.17 bits per heavy atom. The molecule has 0 aliphatic carbocycles. The quantitative estimate of drug-likeness (QED) is 0.584. The predicted molar refractivity (Wildman–Crippen MR) is 52.5 cm³/mol. The molecule has 2 aliphatic rings. The van der Waals surface area contributed by atoms with Crippen molar-refractivity contribution in [1.29, 1.82) is 0 Å². The number of fused-ring (bicyclic) bond motifs is 1. The average molecular weight is 187 g/mol. The molecule has 0 spiro atoms. The first-order valence-corrected chi connectivity index (χ1v) is 7.53. The van der Waals surface area contributed by atoms with Gasteiger partial charge < -0.3 is 4.57 Å². The van der Waals surface area contributed by atoms with Gasteiger partial charge in [-0.2, -0.15) is 0 Å². The predicted octanol–water partition coefficient (Wildman–Crippen LogP) is 1.85. The molecule has 0 aromatic carbocycles. The molecule has 0 aromatic heterocycles. The van der Waals surface area contributed by atoms with E-state index >= 15 is 0 Å². The molecule has 3 heteroatoms. The van der Waals surface area contributed by atoms with E-state index in [9.17, 15) is 4.57 Å². The van der Waals surface area contributed by atoms with Crippen molar-refractivity contribution in [3.05, 3.63) is 0 Å². The fourth-order valence-corrected chi connectivity index (χ4v) is 3.87. The maximum atomic E-state index is 11.8. The highest BCUT2D eigenvalue weighted by Crippen LogP contribution is 2.49. The molecule has 2 aliphatic heterocycles. The van der Waals surface area contributed by atoms with Crippen molar-refractivity contribution in [2.45, 2.75) is 31.0 Å². The van der Waals surface area contributed by atoms with Crippen LogP contribution in [-0.4, -0.2) is 43.0 Å². The van der Waals surface area contributed by atoms with Crippen molar-refractivity contribution in [3.63, 3.8) is 0 Å². The lowest BCUT2D eigenvalue weighted by Gasteiger charge is -2.16. The topological polar surface area (TPSA) is 20.3 Å². The van der Waals surface area contributed by atoms with Gasteiger partial charge in [-0.05, 0) is 39.1 Å². The third kappa shape index (κ3) is 1.47. The van der Waals surface area contributed by atoms with Gasteiger partial charge in [-0.3, -0.25) is 4.90 Å². The molecule has 2 saturated heterocycles. The van der Waals surface area contributed by atoms with Crippen LogP contribution < -0.4 is 0 Å². The maximum Gasteiger partial charge on any atom is 0.0861 e. The van der Waals surface area contributed by atoms with Crippen LogP contribution in [0, 0.1) is 0 Å². The van der Waals surface area contributed by atoms with Gasteiger partial charge in [0.15, 0.2) is 0 Å². The van der Waals surface area contributed by atoms with E-state index < -0.39 is 7.14 Å². The summed E-state index contributed by atoms with van der Waals surface area (Å²) in [5.41, 5.74) is 0.503. The Bertz CT molecular complexity index is 211. The minimum atomic E-state index is -1.81. The fraction of sp³-hybridized carbons (Fsp3) is 1.00. The van der Waals surface area contributed by atoms with Crippen LogP contribution in [0.1, 0.15) is 19.3 Å². The van der Waals surface area contributed by atoms with E-state index in [1.165, 1.54) is 25.8 Å². The van der Waals surface area contributed by atoms with Gasteiger partial charge in [0.25, 0.3) is 0 Å². The molecule has 0 N–H and O–H groups in total. The second-order valence-corrected chi connectivity index (χ2v) is 8.21. The average Bonchev–Trinajstić information content (AvgIpc) is 2.37. The van der Waals surface area contributed by atoms with Crippen LogP contribution in [-0.2, 0) is 4.57 Å². The Kier molecular flexibility index (Phi) is 2.08. The van der Waals surface area contributed by atoms with E-state index in [1.807, 2.05) is 13.3 Å². The number of hydrogen-bond acceptors (Lipinski definition) is 2. The van der Waals surface area contributed by atoms with Crippen LogP contribution in [0.15, 0.2) is 0 Å². The van der Waals surface area contributed by atoms with Crippen molar-refractivity contribution in [3.8, 4) is 0 Å². The first-order chi connectivity index (χ1) is 5.57. The molecule has 0 aromatic rings. The lowest BCUT2D eigenvalue weighted by Crippen LogP contribution is -2.23. The zero-order valence-corrected chi connectivity index (χ0v) is 8.89. The third-order valence-corrected chi connectivity index (χ3v) is 5.50. The molecular formula is C9H18NOP. The first kappa shape index (κ1) is 8.77. The molecular weight excluding hydrogens is 169 g/mol. The van der Waals surface area contributed by atoms with Crippen molar-refractivity contribution >= 4 is 7.14 Å². The molecule has 2 nitrogen and oxygen atoms in total. The van der Waals surface area contributed by atoms with Crippen LogP contribution >= 0.6 is 7.14 Å². The summed E-state index contributed by atoms with van der Waals surface area (Å²) in [5.74, 6) is 0. The molecule has 2 unspecified atom stereocenters. The molecule has 2 heterocycles. The molecule has 2 fully saturated rings. The Hall–Kier alpha value is 0.190. The van der Waals surface area contributed by atoms with Crippen LogP contribution in [0.25, 0.3) is 0 Å². The zero-order chi connectivity index (χ0) is 8.77. The van der Waals surface area contributed by atoms with Gasteiger partial charge in [-0.1, -0.05) is 0 Å². The lowest BCUT2D eigenvalue weighted by atomic mass is 10.2. The summed E-state index contributed by atoms with van der Waals surface area (Å²) in [6, 6.07) is 0.781. The van der Waals surface area contributed by atoms with Crippen molar-refractivity contribution in [2.24, 2.45) is 0 Å². The molecule has 0 bridgehead atoms. The van der Waals surface area contributed by atoms with E-state index in [1.54, 1.807) is 0 Å². The molecule has 0 amide bonds. The summed E-state index contributed by atoms with van der Waals surface area (Å²) in [7, 11) is -1.81. The highest BCUT2D eigenvalue weighted by molar-refractivity contribution is 7.63. The first-order valence-electron chi connectivity index (χ1n) is 4.86. The largest absolute Gasteiger partial charge is 0.324 e. The summed E-state index contributed by atoms with van der Waals surface area (Å²) in [6.45, 7) is 6.25. The molecule has 2 rings (SSSR count). The van der Waals surface area contributed by atoms with E-state index in [-0.39, 0.29) is 0 Å². The van der Waals surface area contributed by atoms with E-state index in [2.05, 4.69) is 4.90 Å². The van der Waals surface area contributed by atoms with E-state index in [0.29, 0.717) is 5.66 Å². The van der Waals surface area contributed by atoms with Crippen molar-refractivity contribution in [1.82, 2.24) is 4.90 Å². The standard InChI is InChI=1S/C9H18NOP/c1-12(2,11)9-6-8-4-3-5-10(8)7-9/h8-9H,3-7H2,1-2H3. The second kappa shape index (κ2) is 2.85. The van der Waals surface area contributed by atoms with Crippen LogP contribution in [0.3, 0.4) is 0 Å². The molecule has 0 radical (unpaired) electrons. The lowest BCUT2D eigenvalue weighted by molar-refractivity contribution is 0.325. The van der Waals surface area contributed by atoms with E-state index in [4.69, 9.17) is 0 Å².